The van der Waals surface area contributed by atoms with E-state index < -0.39 is 27.2 Å². The molecule has 20 heavy (non-hydrogen) atoms. The molecule has 0 aliphatic carbocycles. The second kappa shape index (κ2) is 6.14. The summed E-state index contributed by atoms with van der Waals surface area (Å²) < 4.78 is 29.7. The fourth-order valence-electron chi connectivity index (χ4n) is 1.52. The minimum atomic E-state index is -1.50. The zero-order valence-corrected chi connectivity index (χ0v) is 13.4. The monoisotopic (exact) mass is 299 g/mol. The molecule has 0 fully saturated rings. The molecule has 5 heteroatoms. The normalized spacial score (nSPS) is 15.2. The standard InChI is InChI=1S/C15H22FNO2S/c1-14(2,3)20(19)17-13(10-15(4,5)18)11-8-6-7-9-12(11)16/h6-9,18H,10H2,1-5H3/b17-13+/t20-/m1/s1. The van der Waals surface area contributed by atoms with Crippen LogP contribution in [0.4, 0.5) is 4.39 Å². The van der Waals surface area contributed by atoms with Gasteiger partial charge in [-0.3, -0.25) is 0 Å². The van der Waals surface area contributed by atoms with E-state index in [1.807, 2.05) is 0 Å². The zero-order valence-electron chi connectivity index (χ0n) is 12.6. The SMILES string of the molecule is CC(C)(O)C/C(=N\[S@](=O)C(C)(C)C)c1ccccc1F. The summed E-state index contributed by atoms with van der Waals surface area (Å²) in [6.07, 6.45) is 0.135. The van der Waals surface area contributed by atoms with Crippen LogP contribution in [0.5, 0.6) is 0 Å². The molecule has 1 atom stereocenters. The molecular formula is C15H22FNO2S. The van der Waals surface area contributed by atoms with Gasteiger partial charge in [0.05, 0.1) is 16.1 Å². The molecule has 1 aromatic carbocycles. The Hall–Kier alpha value is -1.07. The van der Waals surface area contributed by atoms with Crippen LogP contribution in [0.25, 0.3) is 0 Å². The lowest BCUT2D eigenvalue weighted by molar-refractivity contribution is 0.0888. The van der Waals surface area contributed by atoms with Crippen LogP contribution in [0.3, 0.4) is 0 Å². The third kappa shape index (κ3) is 5.13. The van der Waals surface area contributed by atoms with Crippen LogP contribution in [0.1, 0.15) is 46.6 Å². The molecule has 0 aromatic heterocycles. The van der Waals surface area contributed by atoms with E-state index in [2.05, 4.69) is 4.40 Å². The van der Waals surface area contributed by atoms with Gasteiger partial charge in [-0.2, -0.15) is 4.40 Å². The van der Waals surface area contributed by atoms with Crippen LogP contribution < -0.4 is 0 Å². The molecular weight excluding hydrogens is 277 g/mol. The molecule has 0 unspecified atom stereocenters. The predicted molar refractivity (Wildman–Crippen MR) is 81.7 cm³/mol. The lowest BCUT2D eigenvalue weighted by atomic mass is 9.97. The fraction of sp³-hybridized carbons (Fsp3) is 0.533. The molecule has 3 nitrogen and oxygen atoms in total. The van der Waals surface area contributed by atoms with Gasteiger partial charge in [0, 0.05) is 12.0 Å². The summed E-state index contributed by atoms with van der Waals surface area (Å²) in [4.78, 5) is 0. The number of hydrogen-bond acceptors (Lipinski definition) is 2. The minimum Gasteiger partial charge on any atom is -0.390 e. The molecule has 112 valence electrons. The average molecular weight is 299 g/mol. The minimum absolute atomic E-state index is 0.135. The van der Waals surface area contributed by atoms with Crippen molar-refractivity contribution in [2.45, 2.75) is 51.4 Å². The van der Waals surface area contributed by atoms with Crippen LogP contribution in [0.15, 0.2) is 28.7 Å². The third-order valence-electron chi connectivity index (χ3n) is 2.50. The highest BCUT2D eigenvalue weighted by Gasteiger charge is 2.24. The maximum atomic E-state index is 13.9. The number of halogens is 1. The number of hydrogen-bond donors (Lipinski definition) is 1. The smallest absolute Gasteiger partial charge is 0.145 e. The summed E-state index contributed by atoms with van der Waals surface area (Å²) in [5.74, 6) is -0.429. The van der Waals surface area contributed by atoms with Crippen molar-refractivity contribution in [3.8, 4) is 0 Å². The van der Waals surface area contributed by atoms with Crippen molar-refractivity contribution in [1.82, 2.24) is 0 Å². The quantitative estimate of drug-likeness (QED) is 0.868. The van der Waals surface area contributed by atoms with Gasteiger partial charge < -0.3 is 5.11 Å². The summed E-state index contributed by atoms with van der Waals surface area (Å²) >= 11 is 0. The van der Waals surface area contributed by atoms with Crippen LogP contribution in [-0.2, 0) is 11.0 Å². The highest BCUT2D eigenvalue weighted by Crippen LogP contribution is 2.20. The van der Waals surface area contributed by atoms with E-state index in [1.165, 1.54) is 6.07 Å². The van der Waals surface area contributed by atoms with Crippen molar-refractivity contribution in [1.29, 1.82) is 0 Å². The summed E-state index contributed by atoms with van der Waals surface area (Å²) in [6, 6.07) is 6.19. The molecule has 0 spiro atoms. The van der Waals surface area contributed by atoms with Crippen molar-refractivity contribution < 1.29 is 13.7 Å². The summed E-state index contributed by atoms with van der Waals surface area (Å²) in [6.45, 7) is 8.63. The first-order chi connectivity index (χ1) is 9.00. The Balaban J connectivity index is 3.27. The zero-order chi connectivity index (χ0) is 15.6. The van der Waals surface area contributed by atoms with E-state index in [1.54, 1.807) is 52.8 Å². The van der Waals surface area contributed by atoms with E-state index in [4.69, 9.17) is 0 Å². The van der Waals surface area contributed by atoms with Gasteiger partial charge in [0.15, 0.2) is 0 Å². The van der Waals surface area contributed by atoms with Gasteiger partial charge in [-0.15, -0.1) is 0 Å². The summed E-state index contributed by atoms with van der Waals surface area (Å²) in [5.41, 5.74) is -0.445. The molecule has 0 bridgehead atoms. The van der Waals surface area contributed by atoms with Crippen LogP contribution in [-0.4, -0.2) is 25.4 Å². The predicted octanol–water partition coefficient (Wildman–Crippen LogP) is 3.24. The van der Waals surface area contributed by atoms with E-state index in [-0.39, 0.29) is 12.0 Å². The molecule has 0 heterocycles. The van der Waals surface area contributed by atoms with Crippen molar-refractivity contribution in [3.05, 3.63) is 35.6 Å². The van der Waals surface area contributed by atoms with E-state index in [0.717, 1.165) is 0 Å². The number of rotatable bonds is 4. The largest absolute Gasteiger partial charge is 0.390 e. The summed E-state index contributed by atoms with van der Waals surface area (Å²) in [5, 5.41) is 9.95. The Morgan fingerprint density at radius 1 is 1.25 bits per heavy atom. The topological polar surface area (TPSA) is 49.7 Å². The van der Waals surface area contributed by atoms with Crippen molar-refractivity contribution >= 4 is 16.7 Å². The Labute approximate surface area is 122 Å². The van der Waals surface area contributed by atoms with Crippen LogP contribution in [0.2, 0.25) is 0 Å². The Morgan fingerprint density at radius 3 is 2.25 bits per heavy atom. The molecule has 0 amide bonds. The highest BCUT2D eigenvalue weighted by atomic mass is 32.2. The molecule has 1 aromatic rings. The van der Waals surface area contributed by atoms with Crippen LogP contribution >= 0.6 is 0 Å². The number of nitrogens with zero attached hydrogens (tertiary/aromatic N) is 1. The third-order valence-corrected chi connectivity index (χ3v) is 3.94. The molecule has 0 aliphatic heterocycles. The van der Waals surface area contributed by atoms with Gasteiger partial charge >= 0.3 is 0 Å². The Morgan fingerprint density at radius 2 is 1.80 bits per heavy atom. The second-order valence-electron chi connectivity index (χ2n) is 6.37. The van der Waals surface area contributed by atoms with Crippen molar-refractivity contribution in [2.75, 3.05) is 0 Å². The first-order valence-electron chi connectivity index (χ1n) is 6.47. The van der Waals surface area contributed by atoms with Gasteiger partial charge in [-0.1, -0.05) is 18.2 Å². The van der Waals surface area contributed by atoms with E-state index in [0.29, 0.717) is 5.71 Å². The molecule has 0 aliphatic rings. The van der Waals surface area contributed by atoms with Crippen molar-refractivity contribution in [3.63, 3.8) is 0 Å². The van der Waals surface area contributed by atoms with Crippen molar-refractivity contribution in [2.24, 2.45) is 4.40 Å². The number of aliphatic hydroxyl groups is 1. The van der Waals surface area contributed by atoms with Gasteiger partial charge in [0.1, 0.15) is 16.8 Å². The molecule has 1 rings (SSSR count). The summed E-state index contributed by atoms with van der Waals surface area (Å²) in [7, 11) is -1.50. The molecule has 1 N–H and O–H groups in total. The van der Waals surface area contributed by atoms with E-state index in [9.17, 15) is 13.7 Å². The lowest BCUT2D eigenvalue weighted by Gasteiger charge is -2.20. The van der Waals surface area contributed by atoms with Gasteiger partial charge in [-0.05, 0) is 40.7 Å². The van der Waals surface area contributed by atoms with Gasteiger partial charge in [0.25, 0.3) is 0 Å². The molecule has 0 saturated carbocycles. The fourth-order valence-corrected chi connectivity index (χ4v) is 2.16. The van der Waals surface area contributed by atoms with E-state index >= 15 is 0 Å². The Bertz CT molecular complexity index is 527. The molecule has 0 radical (unpaired) electrons. The number of benzene rings is 1. The Kier molecular flexibility index (Phi) is 5.21. The maximum absolute atomic E-state index is 13.9. The van der Waals surface area contributed by atoms with Gasteiger partial charge in [0.2, 0.25) is 0 Å². The lowest BCUT2D eigenvalue weighted by Crippen LogP contribution is -2.27. The highest BCUT2D eigenvalue weighted by molar-refractivity contribution is 7.85. The second-order valence-corrected chi connectivity index (χ2v) is 8.27. The first kappa shape index (κ1) is 17.0. The van der Waals surface area contributed by atoms with Crippen LogP contribution in [0, 0.1) is 5.82 Å². The molecule has 0 saturated heterocycles. The van der Waals surface area contributed by atoms with Gasteiger partial charge in [-0.25, -0.2) is 8.60 Å². The average Bonchev–Trinajstić information content (AvgIpc) is 2.25. The first-order valence-corrected chi connectivity index (χ1v) is 7.58. The maximum Gasteiger partial charge on any atom is 0.145 e.